The van der Waals surface area contributed by atoms with Gasteiger partial charge in [-0.15, -0.1) is 0 Å². The molecule has 1 unspecified atom stereocenters. The lowest BCUT2D eigenvalue weighted by molar-refractivity contribution is 0.0321. The number of aliphatic hydroxyl groups is 1. The van der Waals surface area contributed by atoms with Crippen molar-refractivity contribution in [2.75, 3.05) is 34.2 Å². The second kappa shape index (κ2) is 8.36. The van der Waals surface area contributed by atoms with Crippen molar-refractivity contribution in [1.29, 1.82) is 0 Å². The van der Waals surface area contributed by atoms with Crippen LogP contribution in [-0.4, -0.2) is 51.3 Å². The van der Waals surface area contributed by atoms with Crippen LogP contribution in [0, 0.1) is 0 Å². The molecule has 1 aromatic rings. The zero-order valence-electron chi connectivity index (χ0n) is 11.5. The Hall–Kier alpha value is -1.83. The number of methoxy groups -OCH3 is 2. The standard InChI is InChI=1S/C13H19NO6/c1-17-6-9(15)7-19-12-4-3-10(20-8-18-2)5-11(12)13(14)16/h3-5,9,15H,6-8H2,1-2H3,(H2,14,16). The summed E-state index contributed by atoms with van der Waals surface area (Å²) in [5, 5.41) is 9.50. The molecule has 0 bridgehead atoms. The molecule has 7 nitrogen and oxygen atoms in total. The first-order valence-corrected chi connectivity index (χ1v) is 5.93. The number of hydrogen-bond acceptors (Lipinski definition) is 6. The maximum Gasteiger partial charge on any atom is 0.252 e. The van der Waals surface area contributed by atoms with E-state index in [9.17, 15) is 9.90 Å². The van der Waals surface area contributed by atoms with Gasteiger partial charge in [-0.1, -0.05) is 0 Å². The number of primary amides is 1. The third-order valence-electron chi connectivity index (χ3n) is 2.35. The van der Waals surface area contributed by atoms with Crippen molar-refractivity contribution < 1.29 is 28.8 Å². The van der Waals surface area contributed by atoms with Gasteiger partial charge in [0.2, 0.25) is 0 Å². The summed E-state index contributed by atoms with van der Waals surface area (Å²) in [5.74, 6) is 0.0620. The van der Waals surface area contributed by atoms with Crippen molar-refractivity contribution in [2.24, 2.45) is 5.73 Å². The maximum absolute atomic E-state index is 11.4. The Kier molecular flexibility index (Phi) is 6.78. The molecule has 1 atom stereocenters. The fourth-order valence-corrected chi connectivity index (χ4v) is 1.47. The van der Waals surface area contributed by atoms with Crippen LogP contribution in [0.15, 0.2) is 18.2 Å². The lowest BCUT2D eigenvalue weighted by Gasteiger charge is -2.14. The number of benzene rings is 1. The van der Waals surface area contributed by atoms with E-state index in [2.05, 4.69) is 0 Å². The molecule has 20 heavy (non-hydrogen) atoms. The van der Waals surface area contributed by atoms with Crippen LogP contribution < -0.4 is 15.2 Å². The maximum atomic E-state index is 11.4. The first-order chi connectivity index (χ1) is 9.58. The van der Waals surface area contributed by atoms with Crippen LogP contribution in [0.4, 0.5) is 0 Å². The lowest BCUT2D eigenvalue weighted by Crippen LogP contribution is -2.23. The Labute approximate surface area is 117 Å². The van der Waals surface area contributed by atoms with Gasteiger partial charge in [-0.05, 0) is 18.2 Å². The van der Waals surface area contributed by atoms with Gasteiger partial charge < -0.3 is 29.8 Å². The number of hydrogen-bond donors (Lipinski definition) is 2. The Morgan fingerprint density at radius 1 is 1.25 bits per heavy atom. The van der Waals surface area contributed by atoms with Crippen LogP contribution in [0.5, 0.6) is 11.5 Å². The Morgan fingerprint density at radius 2 is 2.00 bits per heavy atom. The van der Waals surface area contributed by atoms with E-state index < -0.39 is 12.0 Å². The average Bonchev–Trinajstić information content (AvgIpc) is 2.43. The van der Waals surface area contributed by atoms with Crippen LogP contribution in [0.25, 0.3) is 0 Å². The molecule has 1 aromatic carbocycles. The third-order valence-corrected chi connectivity index (χ3v) is 2.35. The minimum Gasteiger partial charge on any atom is -0.490 e. The summed E-state index contributed by atoms with van der Waals surface area (Å²) in [5.41, 5.74) is 5.45. The summed E-state index contributed by atoms with van der Waals surface area (Å²) >= 11 is 0. The molecule has 0 aromatic heterocycles. The summed E-state index contributed by atoms with van der Waals surface area (Å²) < 4.78 is 20.1. The highest BCUT2D eigenvalue weighted by atomic mass is 16.7. The summed E-state index contributed by atoms with van der Waals surface area (Å²) in [4.78, 5) is 11.4. The van der Waals surface area contributed by atoms with E-state index in [0.717, 1.165) is 0 Å². The van der Waals surface area contributed by atoms with Gasteiger partial charge in [-0.2, -0.15) is 0 Å². The van der Waals surface area contributed by atoms with Crippen molar-refractivity contribution >= 4 is 5.91 Å². The van der Waals surface area contributed by atoms with Gasteiger partial charge >= 0.3 is 0 Å². The number of carbonyl (C=O) groups excluding carboxylic acids is 1. The molecule has 0 saturated heterocycles. The second-order valence-corrected chi connectivity index (χ2v) is 3.99. The van der Waals surface area contributed by atoms with Gasteiger partial charge in [0, 0.05) is 14.2 Å². The van der Waals surface area contributed by atoms with Crippen molar-refractivity contribution in [2.45, 2.75) is 6.10 Å². The van der Waals surface area contributed by atoms with E-state index in [-0.39, 0.29) is 31.3 Å². The van der Waals surface area contributed by atoms with E-state index in [1.807, 2.05) is 0 Å². The zero-order valence-corrected chi connectivity index (χ0v) is 11.5. The molecule has 0 heterocycles. The van der Waals surface area contributed by atoms with E-state index >= 15 is 0 Å². The SMILES string of the molecule is COCOc1ccc(OCC(O)COC)c(C(N)=O)c1. The Bertz CT molecular complexity index is 437. The second-order valence-electron chi connectivity index (χ2n) is 3.99. The van der Waals surface area contributed by atoms with Crippen molar-refractivity contribution in [3.05, 3.63) is 23.8 Å². The van der Waals surface area contributed by atoms with Crippen LogP contribution in [0.1, 0.15) is 10.4 Å². The largest absolute Gasteiger partial charge is 0.490 e. The van der Waals surface area contributed by atoms with Gasteiger partial charge in [-0.25, -0.2) is 0 Å². The van der Waals surface area contributed by atoms with Gasteiger partial charge in [-0.3, -0.25) is 4.79 Å². The first-order valence-electron chi connectivity index (χ1n) is 5.93. The molecule has 0 aliphatic rings. The molecule has 112 valence electrons. The molecule has 0 radical (unpaired) electrons. The molecule has 0 fully saturated rings. The summed E-state index contributed by atoms with van der Waals surface area (Å²) in [6.45, 7) is 0.193. The zero-order chi connectivity index (χ0) is 15.0. The highest BCUT2D eigenvalue weighted by Crippen LogP contribution is 2.24. The molecule has 7 heteroatoms. The molecule has 0 aliphatic carbocycles. The number of nitrogens with two attached hydrogens (primary N) is 1. The minimum atomic E-state index is -0.787. The molecule has 0 aliphatic heterocycles. The topological polar surface area (TPSA) is 100 Å². The minimum absolute atomic E-state index is 0.00754. The molecule has 1 amide bonds. The van der Waals surface area contributed by atoms with Crippen LogP contribution in [-0.2, 0) is 9.47 Å². The molecular formula is C13H19NO6. The van der Waals surface area contributed by atoms with E-state index in [1.165, 1.54) is 20.3 Å². The molecular weight excluding hydrogens is 266 g/mol. The Balaban J connectivity index is 2.76. The van der Waals surface area contributed by atoms with Crippen molar-refractivity contribution in [3.8, 4) is 11.5 Å². The molecule has 0 saturated carbocycles. The molecule has 1 rings (SSSR count). The predicted octanol–water partition coefficient (Wildman–Crippen LogP) is 0.154. The van der Waals surface area contributed by atoms with Crippen molar-refractivity contribution in [3.63, 3.8) is 0 Å². The van der Waals surface area contributed by atoms with Gasteiger partial charge in [0.1, 0.15) is 24.2 Å². The fourth-order valence-electron chi connectivity index (χ4n) is 1.47. The lowest BCUT2D eigenvalue weighted by atomic mass is 10.2. The average molecular weight is 285 g/mol. The van der Waals surface area contributed by atoms with E-state index in [4.69, 9.17) is 24.7 Å². The normalized spacial score (nSPS) is 11.9. The van der Waals surface area contributed by atoms with Crippen LogP contribution in [0.2, 0.25) is 0 Å². The Morgan fingerprint density at radius 3 is 2.60 bits per heavy atom. The van der Waals surface area contributed by atoms with Crippen molar-refractivity contribution in [1.82, 2.24) is 0 Å². The quantitative estimate of drug-likeness (QED) is 0.627. The number of ether oxygens (including phenoxy) is 4. The number of rotatable bonds is 9. The van der Waals surface area contributed by atoms with E-state index in [1.54, 1.807) is 12.1 Å². The van der Waals surface area contributed by atoms with E-state index in [0.29, 0.717) is 5.75 Å². The summed E-state index contributed by atoms with van der Waals surface area (Å²) in [6, 6.07) is 4.62. The third kappa shape index (κ3) is 5.04. The van der Waals surface area contributed by atoms with Gasteiger partial charge in [0.25, 0.3) is 5.91 Å². The predicted molar refractivity (Wildman–Crippen MR) is 70.8 cm³/mol. The molecule has 0 spiro atoms. The number of amides is 1. The fraction of sp³-hybridized carbons (Fsp3) is 0.462. The smallest absolute Gasteiger partial charge is 0.252 e. The van der Waals surface area contributed by atoms with Crippen LogP contribution >= 0.6 is 0 Å². The monoisotopic (exact) mass is 285 g/mol. The van der Waals surface area contributed by atoms with Crippen LogP contribution in [0.3, 0.4) is 0 Å². The number of carbonyl (C=O) groups is 1. The highest BCUT2D eigenvalue weighted by Gasteiger charge is 2.13. The first kappa shape index (κ1) is 16.2. The molecule has 3 N–H and O–H groups in total. The highest BCUT2D eigenvalue weighted by molar-refractivity contribution is 5.96. The van der Waals surface area contributed by atoms with Gasteiger partial charge in [0.05, 0.1) is 12.2 Å². The summed E-state index contributed by atoms with van der Waals surface area (Å²) in [6.07, 6.45) is -0.787. The van der Waals surface area contributed by atoms with Gasteiger partial charge in [0.15, 0.2) is 6.79 Å². The summed E-state index contributed by atoms with van der Waals surface area (Å²) in [7, 11) is 2.96. The number of aliphatic hydroxyl groups excluding tert-OH is 1.